The SMILES string of the molecule is CC(C)NC(=O)NC(=O)CN(C)CC1CC(O)C1. The second kappa shape index (κ2) is 6.70. The lowest BCUT2D eigenvalue weighted by Crippen LogP contribution is -2.47. The van der Waals surface area contributed by atoms with Crippen LogP contribution in [0.4, 0.5) is 4.79 Å². The van der Waals surface area contributed by atoms with Crippen LogP contribution in [0.15, 0.2) is 0 Å². The van der Waals surface area contributed by atoms with Gasteiger partial charge in [0.1, 0.15) is 0 Å². The van der Waals surface area contributed by atoms with Gasteiger partial charge in [-0.25, -0.2) is 4.79 Å². The molecule has 0 unspecified atom stereocenters. The van der Waals surface area contributed by atoms with Crippen LogP contribution in [0.3, 0.4) is 0 Å². The number of nitrogens with zero attached hydrogens (tertiary/aromatic N) is 1. The first-order valence-electron chi connectivity index (χ1n) is 6.33. The second-order valence-electron chi connectivity index (χ2n) is 5.36. The maximum Gasteiger partial charge on any atom is 0.321 e. The van der Waals surface area contributed by atoms with Crippen LogP contribution in [0, 0.1) is 5.92 Å². The minimum absolute atomic E-state index is 0.00648. The van der Waals surface area contributed by atoms with E-state index in [-0.39, 0.29) is 24.6 Å². The molecule has 18 heavy (non-hydrogen) atoms. The first kappa shape index (κ1) is 14.9. The van der Waals surface area contributed by atoms with E-state index >= 15 is 0 Å². The normalized spacial score (nSPS) is 22.8. The van der Waals surface area contributed by atoms with Crippen LogP contribution in [0.25, 0.3) is 0 Å². The van der Waals surface area contributed by atoms with Crippen molar-refractivity contribution in [1.82, 2.24) is 15.5 Å². The molecule has 104 valence electrons. The Labute approximate surface area is 108 Å². The number of imide groups is 1. The van der Waals surface area contributed by atoms with Gasteiger partial charge >= 0.3 is 6.03 Å². The molecule has 0 aliphatic heterocycles. The van der Waals surface area contributed by atoms with E-state index in [2.05, 4.69) is 10.6 Å². The van der Waals surface area contributed by atoms with E-state index in [4.69, 9.17) is 5.11 Å². The highest BCUT2D eigenvalue weighted by Crippen LogP contribution is 2.27. The van der Waals surface area contributed by atoms with E-state index in [1.54, 1.807) is 0 Å². The summed E-state index contributed by atoms with van der Waals surface area (Å²) in [4.78, 5) is 24.7. The summed E-state index contributed by atoms with van der Waals surface area (Å²) in [6, 6.07) is -0.450. The summed E-state index contributed by atoms with van der Waals surface area (Å²) >= 11 is 0. The summed E-state index contributed by atoms with van der Waals surface area (Å²) in [5.41, 5.74) is 0. The molecule has 0 heterocycles. The van der Waals surface area contributed by atoms with Crippen LogP contribution < -0.4 is 10.6 Å². The lowest BCUT2D eigenvalue weighted by atomic mass is 9.82. The number of hydrogen-bond donors (Lipinski definition) is 3. The van der Waals surface area contributed by atoms with Crippen molar-refractivity contribution in [3.63, 3.8) is 0 Å². The Bertz CT molecular complexity index is 301. The topological polar surface area (TPSA) is 81.7 Å². The number of aliphatic hydroxyl groups is 1. The van der Waals surface area contributed by atoms with Gasteiger partial charge in [-0.3, -0.25) is 15.0 Å². The molecule has 1 aliphatic rings. The van der Waals surface area contributed by atoms with Gasteiger partial charge < -0.3 is 10.4 Å². The van der Waals surface area contributed by atoms with Crippen LogP contribution in [0.1, 0.15) is 26.7 Å². The summed E-state index contributed by atoms with van der Waals surface area (Å²) < 4.78 is 0. The number of likely N-dealkylation sites (N-methyl/N-ethyl adjacent to an activating group) is 1. The maximum absolute atomic E-state index is 11.5. The molecule has 0 radical (unpaired) electrons. The van der Waals surface area contributed by atoms with Crippen LogP contribution in [-0.2, 0) is 4.79 Å². The molecule has 1 aliphatic carbocycles. The molecular formula is C12H23N3O3. The van der Waals surface area contributed by atoms with Gasteiger partial charge in [-0.1, -0.05) is 0 Å². The Hall–Kier alpha value is -1.14. The van der Waals surface area contributed by atoms with E-state index < -0.39 is 6.03 Å². The van der Waals surface area contributed by atoms with Crippen LogP contribution in [0.2, 0.25) is 0 Å². The fraction of sp³-hybridized carbons (Fsp3) is 0.833. The Morgan fingerprint density at radius 2 is 2.00 bits per heavy atom. The Morgan fingerprint density at radius 1 is 1.39 bits per heavy atom. The van der Waals surface area contributed by atoms with Crippen molar-refractivity contribution >= 4 is 11.9 Å². The van der Waals surface area contributed by atoms with Gasteiger partial charge in [0, 0.05) is 12.6 Å². The average Bonchev–Trinajstić information content (AvgIpc) is 2.12. The van der Waals surface area contributed by atoms with Crippen molar-refractivity contribution in [1.29, 1.82) is 0 Å². The summed E-state index contributed by atoms with van der Waals surface area (Å²) in [6.07, 6.45) is 1.44. The largest absolute Gasteiger partial charge is 0.393 e. The first-order chi connectivity index (χ1) is 8.36. The van der Waals surface area contributed by atoms with Gasteiger partial charge in [-0.05, 0) is 39.7 Å². The molecule has 0 aromatic carbocycles. The van der Waals surface area contributed by atoms with Crippen molar-refractivity contribution in [2.45, 2.75) is 38.8 Å². The van der Waals surface area contributed by atoms with E-state index in [0.717, 1.165) is 19.4 Å². The predicted molar refractivity (Wildman–Crippen MR) is 68.0 cm³/mol. The van der Waals surface area contributed by atoms with Gasteiger partial charge in [0.05, 0.1) is 12.6 Å². The summed E-state index contributed by atoms with van der Waals surface area (Å²) in [5.74, 6) is 0.151. The third kappa shape index (κ3) is 5.46. The van der Waals surface area contributed by atoms with Gasteiger partial charge in [-0.2, -0.15) is 0 Å². The van der Waals surface area contributed by atoms with Gasteiger partial charge in [0.25, 0.3) is 0 Å². The first-order valence-corrected chi connectivity index (χ1v) is 6.33. The summed E-state index contributed by atoms with van der Waals surface area (Å²) in [7, 11) is 1.84. The number of amides is 3. The molecule has 1 fully saturated rings. The molecule has 1 rings (SSSR count). The minimum Gasteiger partial charge on any atom is -0.393 e. The standard InChI is InChI=1S/C12H23N3O3/c1-8(2)13-12(18)14-11(17)7-15(3)6-9-4-10(16)5-9/h8-10,16H,4-7H2,1-3H3,(H2,13,14,17,18). The van der Waals surface area contributed by atoms with E-state index in [1.807, 2.05) is 25.8 Å². The number of carbonyl (C=O) groups is 2. The molecule has 6 heteroatoms. The smallest absolute Gasteiger partial charge is 0.321 e. The highest BCUT2D eigenvalue weighted by molar-refractivity contribution is 5.95. The second-order valence-corrected chi connectivity index (χ2v) is 5.36. The highest BCUT2D eigenvalue weighted by Gasteiger charge is 2.28. The Kier molecular flexibility index (Phi) is 5.55. The number of carbonyl (C=O) groups excluding carboxylic acids is 2. The molecule has 0 bridgehead atoms. The van der Waals surface area contributed by atoms with Crippen LogP contribution >= 0.6 is 0 Å². The monoisotopic (exact) mass is 257 g/mol. The van der Waals surface area contributed by atoms with E-state index in [9.17, 15) is 9.59 Å². The highest BCUT2D eigenvalue weighted by atomic mass is 16.3. The summed E-state index contributed by atoms with van der Waals surface area (Å²) in [5, 5.41) is 14.0. The van der Waals surface area contributed by atoms with Crippen molar-refractivity contribution in [3.05, 3.63) is 0 Å². The van der Waals surface area contributed by atoms with Crippen LogP contribution in [0.5, 0.6) is 0 Å². The third-order valence-electron chi connectivity index (χ3n) is 2.87. The number of rotatable bonds is 5. The minimum atomic E-state index is -0.456. The molecule has 3 amide bonds. The molecule has 6 nitrogen and oxygen atoms in total. The van der Waals surface area contributed by atoms with Gasteiger partial charge in [0.15, 0.2) is 0 Å². The maximum atomic E-state index is 11.5. The lowest BCUT2D eigenvalue weighted by molar-refractivity contribution is -0.121. The van der Waals surface area contributed by atoms with Crippen molar-refractivity contribution < 1.29 is 14.7 Å². The van der Waals surface area contributed by atoms with Crippen molar-refractivity contribution in [2.24, 2.45) is 5.92 Å². The molecule has 0 aromatic rings. The fourth-order valence-electron chi connectivity index (χ4n) is 2.06. The quantitative estimate of drug-likeness (QED) is 0.643. The van der Waals surface area contributed by atoms with Gasteiger partial charge in [0.2, 0.25) is 5.91 Å². The molecular weight excluding hydrogens is 234 g/mol. The van der Waals surface area contributed by atoms with Crippen LogP contribution in [-0.4, -0.2) is 54.2 Å². The number of hydrogen-bond acceptors (Lipinski definition) is 4. The van der Waals surface area contributed by atoms with E-state index in [0.29, 0.717) is 5.92 Å². The molecule has 0 spiro atoms. The average molecular weight is 257 g/mol. The van der Waals surface area contributed by atoms with Crippen molar-refractivity contribution in [3.8, 4) is 0 Å². The number of nitrogens with one attached hydrogen (secondary N) is 2. The molecule has 0 saturated heterocycles. The molecule has 1 saturated carbocycles. The zero-order valence-corrected chi connectivity index (χ0v) is 11.3. The zero-order chi connectivity index (χ0) is 13.7. The lowest BCUT2D eigenvalue weighted by Gasteiger charge is -2.34. The summed E-state index contributed by atoms with van der Waals surface area (Å²) in [6.45, 7) is 4.63. The van der Waals surface area contributed by atoms with Gasteiger partial charge in [-0.15, -0.1) is 0 Å². The Morgan fingerprint density at radius 3 is 2.50 bits per heavy atom. The van der Waals surface area contributed by atoms with Crippen molar-refractivity contribution in [2.75, 3.05) is 20.1 Å². The molecule has 0 atom stereocenters. The number of urea groups is 1. The molecule has 3 N–H and O–H groups in total. The number of aliphatic hydroxyl groups excluding tert-OH is 1. The third-order valence-corrected chi connectivity index (χ3v) is 2.87. The predicted octanol–water partition coefficient (Wildman–Crippen LogP) is -0.0767. The fourth-order valence-corrected chi connectivity index (χ4v) is 2.06. The van der Waals surface area contributed by atoms with E-state index in [1.165, 1.54) is 0 Å². The molecule has 0 aromatic heterocycles. The Balaban J connectivity index is 2.16. The zero-order valence-electron chi connectivity index (χ0n) is 11.3.